The van der Waals surface area contributed by atoms with Gasteiger partial charge in [0.15, 0.2) is 5.82 Å². The largest absolute Gasteiger partial charge is 0.379 e. The lowest BCUT2D eigenvalue weighted by Crippen LogP contribution is -2.35. The number of aromatic nitrogens is 2. The molecule has 3 heterocycles. The van der Waals surface area contributed by atoms with E-state index in [4.69, 9.17) is 16.3 Å². The number of aryl methyl sites for hydroxylation is 2. The zero-order chi connectivity index (χ0) is 26.6. The highest BCUT2D eigenvalue weighted by atomic mass is 35.5. The number of nitrogens with zero attached hydrogens (tertiary/aromatic N) is 3. The summed E-state index contributed by atoms with van der Waals surface area (Å²) in [5, 5.41) is 10.0. The number of para-hydroxylation sites is 1. The van der Waals surface area contributed by atoms with Crippen LogP contribution in [0.3, 0.4) is 0 Å². The average Bonchev–Trinajstić information content (AvgIpc) is 3.63. The molecule has 0 radical (unpaired) electrons. The van der Waals surface area contributed by atoms with Crippen LogP contribution in [0.5, 0.6) is 0 Å². The molecule has 0 spiro atoms. The van der Waals surface area contributed by atoms with Gasteiger partial charge in [0.25, 0.3) is 5.91 Å². The lowest BCUT2D eigenvalue weighted by atomic mass is 10.0. The molecular formula is C30H35ClN6O2. The predicted molar refractivity (Wildman–Crippen MR) is 154 cm³/mol. The summed E-state index contributed by atoms with van der Waals surface area (Å²) >= 11 is 6.46. The molecule has 204 valence electrons. The monoisotopic (exact) mass is 546 g/mol. The Balaban J connectivity index is 1.15. The van der Waals surface area contributed by atoms with Gasteiger partial charge in [-0.25, -0.2) is 4.98 Å². The van der Waals surface area contributed by atoms with E-state index in [-0.39, 0.29) is 11.9 Å². The van der Waals surface area contributed by atoms with Gasteiger partial charge in [0.05, 0.1) is 30.1 Å². The molecule has 0 saturated carbocycles. The first-order valence-corrected chi connectivity index (χ1v) is 14.4. The minimum atomic E-state index is -0.158. The number of rotatable bonds is 7. The van der Waals surface area contributed by atoms with Gasteiger partial charge in [-0.15, -0.1) is 0 Å². The van der Waals surface area contributed by atoms with Crippen molar-refractivity contribution in [3.63, 3.8) is 0 Å². The molecule has 2 aliphatic heterocycles. The number of anilines is 4. The fraction of sp³-hybridized carbons (Fsp3) is 0.433. The van der Waals surface area contributed by atoms with Crippen molar-refractivity contribution >= 4 is 40.6 Å². The van der Waals surface area contributed by atoms with Crippen LogP contribution in [0.4, 0.5) is 23.1 Å². The number of fused-ring (bicyclic) bond motifs is 1. The quantitative estimate of drug-likeness (QED) is 0.338. The number of nitrogens with one attached hydrogen (secondary N) is 3. The molecule has 3 aromatic rings. The number of benzene rings is 2. The highest BCUT2D eigenvalue weighted by Crippen LogP contribution is 2.30. The van der Waals surface area contributed by atoms with Gasteiger partial charge >= 0.3 is 0 Å². The van der Waals surface area contributed by atoms with E-state index in [2.05, 4.69) is 49.0 Å². The van der Waals surface area contributed by atoms with E-state index in [1.54, 1.807) is 12.3 Å². The summed E-state index contributed by atoms with van der Waals surface area (Å²) in [6.07, 6.45) is 9.73. The van der Waals surface area contributed by atoms with Crippen LogP contribution in [0, 0.1) is 0 Å². The predicted octanol–water partition coefficient (Wildman–Crippen LogP) is 5.48. The number of amides is 1. The minimum Gasteiger partial charge on any atom is -0.379 e. The summed E-state index contributed by atoms with van der Waals surface area (Å²) in [5.74, 6) is 0.714. The lowest BCUT2D eigenvalue weighted by Gasteiger charge is -2.25. The maximum absolute atomic E-state index is 13.0. The van der Waals surface area contributed by atoms with Crippen molar-refractivity contribution in [2.75, 3.05) is 36.9 Å². The molecule has 3 aliphatic rings. The van der Waals surface area contributed by atoms with E-state index in [0.717, 1.165) is 24.9 Å². The molecule has 9 heteroatoms. The SMILES string of the molecule is O=C(NC1CCOC1)c1ccccc1Nc1nc(Nc2ccc3c(c2)CCC(N2CCCC2)CC3)ncc1Cl. The van der Waals surface area contributed by atoms with Crippen molar-refractivity contribution in [3.8, 4) is 0 Å². The highest BCUT2D eigenvalue weighted by Gasteiger charge is 2.25. The second kappa shape index (κ2) is 11.9. The van der Waals surface area contributed by atoms with E-state index < -0.39 is 0 Å². The molecule has 2 atom stereocenters. The molecule has 2 saturated heterocycles. The summed E-state index contributed by atoms with van der Waals surface area (Å²) in [5.41, 5.74) is 4.95. The number of likely N-dealkylation sites (tertiary alicyclic amines) is 1. The summed E-state index contributed by atoms with van der Waals surface area (Å²) in [6, 6.07) is 14.6. The Bertz CT molecular complexity index is 1320. The topological polar surface area (TPSA) is 91.4 Å². The van der Waals surface area contributed by atoms with E-state index in [1.807, 2.05) is 18.2 Å². The van der Waals surface area contributed by atoms with E-state index in [9.17, 15) is 4.79 Å². The Hall–Kier alpha value is -3.20. The second-order valence-electron chi connectivity index (χ2n) is 10.7. The second-order valence-corrected chi connectivity index (χ2v) is 11.1. The number of carbonyl (C=O) groups excluding carboxylic acids is 1. The van der Waals surface area contributed by atoms with Gasteiger partial charge in [-0.1, -0.05) is 29.8 Å². The first-order chi connectivity index (χ1) is 19.1. The van der Waals surface area contributed by atoms with Gasteiger partial charge in [-0.2, -0.15) is 4.98 Å². The van der Waals surface area contributed by atoms with Crippen LogP contribution in [0.1, 0.15) is 53.6 Å². The van der Waals surface area contributed by atoms with Crippen molar-refractivity contribution in [2.24, 2.45) is 0 Å². The molecule has 2 aromatic carbocycles. The molecule has 8 nitrogen and oxygen atoms in total. The van der Waals surface area contributed by atoms with E-state index >= 15 is 0 Å². The molecule has 6 rings (SSSR count). The molecular weight excluding hydrogens is 512 g/mol. The average molecular weight is 547 g/mol. The van der Waals surface area contributed by atoms with Crippen molar-refractivity contribution in [2.45, 2.75) is 57.0 Å². The normalized spacial score (nSPS) is 21.3. The molecule has 3 N–H and O–H groups in total. The fourth-order valence-corrected chi connectivity index (χ4v) is 6.05. The Labute approximate surface area is 234 Å². The lowest BCUT2D eigenvalue weighted by molar-refractivity contribution is 0.0930. The number of ether oxygens (including phenoxy) is 1. The van der Waals surface area contributed by atoms with Crippen LogP contribution < -0.4 is 16.0 Å². The summed E-state index contributed by atoms with van der Waals surface area (Å²) < 4.78 is 5.39. The van der Waals surface area contributed by atoms with Crippen molar-refractivity contribution in [1.82, 2.24) is 20.2 Å². The van der Waals surface area contributed by atoms with Gasteiger partial charge in [0.2, 0.25) is 5.95 Å². The van der Waals surface area contributed by atoms with Crippen LogP contribution in [0.15, 0.2) is 48.7 Å². The zero-order valence-corrected chi connectivity index (χ0v) is 22.8. The summed E-state index contributed by atoms with van der Waals surface area (Å²) in [4.78, 5) is 24.7. The summed E-state index contributed by atoms with van der Waals surface area (Å²) in [6.45, 7) is 3.71. The number of halogens is 1. The van der Waals surface area contributed by atoms with Crippen LogP contribution in [-0.4, -0.2) is 59.2 Å². The van der Waals surface area contributed by atoms with Crippen LogP contribution in [-0.2, 0) is 17.6 Å². The van der Waals surface area contributed by atoms with Crippen LogP contribution in [0.25, 0.3) is 0 Å². The van der Waals surface area contributed by atoms with Crippen molar-refractivity contribution in [1.29, 1.82) is 0 Å². The zero-order valence-electron chi connectivity index (χ0n) is 22.1. The summed E-state index contributed by atoms with van der Waals surface area (Å²) in [7, 11) is 0. The molecule has 1 aliphatic carbocycles. The molecule has 0 bridgehead atoms. The standard InChI is InChI=1S/C30H35ClN6O2/c31-26-18-32-30(34-22-10-7-20-8-11-24(12-9-21(20)17-22)37-14-3-4-15-37)36-28(26)35-27-6-2-1-5-25(27)29(38)33-23-13-16-39-19-23/h1-2,5-7,10,17-18,23-24H,3-4,8-9,11-16,19H2,(H,33,38)(H2,32,34,35,36). The molecule has 2 unspecified atom stereocenters. The first-order valence-electron chi connectivity index (χ1n) is 14.0. The van der Waals surface area contributed by atoms with Crippen LogP contribution in [0.2, 0.25) is 5.02 Å². The number of hydrogen-bond acceptors (Lipinski definition) is 7. The van der Waals surface area contributed by atoms with Gasteiger partial charge in [-0.3, -0.25) is 4.79 Å². The van der Waals surface area contributed by atoms with Gasteiger partial charge in [0, 0.05) is 18.3 Å². The number of carbonyl (C=O) groups is 1. The molecule has 1 aromatic heterocycles. The van der Waals surface area contributed by atoms with E-state index in [1.165, 1.54) is 49.9 Å². The molecule has 1 amide bonds. The van der Waals surface area contributed by atoms with Gasteiger partial charge in [0.1, 0.15) is 5.02 Å². The third kappa shape index (κ3) is 6.19. The van der Waals surface area contributed by atoms with Gasteiger partial charge < -0.3 is 25.6 Å². The Morgan fingerprint density at radius 1 is 1.00 bits per heavy atom. The fourth-order valence-electron chi connectivity index (χ4n) is 5.91. The van der Waals surface area contributed by atoms with Crippen molar-refractivity contribution < 1.29 is 9.53 Å². The Morgan fingerprint density at radius 2 is 1.82 bits per heavy atom. The molecule has 2 fully saturated rings. The third-order valence-corrected chi connectivity index (χ3v) is 8.32. The maximum atomic E-state index is 13.0. The van der Waals surface area contributed by atoms with Crippen molar-refractivity contribution in [3.05, 3.63) is 70.4 Å². The Morgan fingerprint density at radius 3 is 2.64 bits per heavy atom. The smallest absolute Gasteiger partial charge is 0.253 e. The minimum absolute atomic E-state index is 0.0241. The highest BCUT2D eigenvalue weighted by molar-refractivity contribution is 6.33. The maximum Gasteiger partial charge on any atom is 0.253 e. The number of hydrogen-bond donors (Lipinski definition) is 3. The van der Waals surface area contributed by atoms with E-state index in [0.29, 0.717) is 47.3 Å². The molecule has 39 heavy (non-hydrogen) atoms. The Kier molecular flexibility index (Phi) is 7.95. The van der Waals surface area contributed by atoms with Gasteiger partial charge in [-0.05, 0) is 93.4 Å². The first kappa shape index (κ1) is 26.0. The van der Waals surface area contributed by atoms with Crippen LogP contribution >= 0.6 is 11.6 Å². The third-order valence-electron chi connectivity index (χ3n) is 8.05.